The molecule has 0 aliphatic heterocycles. The van der Waals surface area contributed by atoms with Crippen molar-refractivity contribution in [3.05, 3.63) is 119 Å². The van der Waals surface area contributed by atoms with Crippen LogP contribution in [-0.2, 0) is 17.8 Å². The van der Waals surface area contributed by atoms with Crippen LogP contribution in [-0.4, -0.2) is 22.0 Å². The Hall–Kier alpha value is -4.26. The molecule has 0 radical (unpaired) electrons. The van der Waals surface area contributed by atoms with Crippen LogP contribution in [0.5, 0.6) is 0 Å². The number of carbonyl (C=O) groups excluding carboxylic acids is 2. The van der Waals surface area contributed by atoms with Crippen molar-refractivity contribution in [2.45, 2.75) is 19.0 Å². The van der Waals surface area contributed by atoms with Crippen molar-refractivity contribution in [2.75, 3.05) is 0 Å². The third-order valence-corrected chi connectivity index (χ3v) is 4.85. The molecule has 7 heteroatoms. The van der Waals surface area contributed by atoms with E-state index in [2.05, 4.69) is 20.8 Å². The van der Waals surface area contributed by atoms with Gasteiger partial charge in [-0.15, -0.1) is 0 Å². The Balaban J connectivity index is 1.40. The molecular weight excluding hydrogens is 404 g/mol. The standard InChI is InChI=1S/C25H22N4O3/c30-22(26-17-18-10-4-1-5-11-18)16-21-27-25(32-29-21)24(31)28-23(19-12-6-2-7-13-19)20-14-8-3-9-15-20/h1-15,23H,16-17H2,(H,26,30)(H,28,31). The summed E-state index contributed by atoms with van der Waals surface area (Å²) in [5.74, 6) is -0.802. The van der Waals surface area contributed by atoms with E-state index in [1.165, 1.54) is 0 Å². The van der Waals surface area contributed by atoms with Gasteiger partial charge >= 0.3 is 11.8 Å². The van der Waals surface area contributed by atoms with Crippen molar-refractivity contribution in [1.82, 2.24) is 20.8 Å². The molecule has 0 unspecified atom stereocenters. The molecule has 7 nitrogen and oxygen atoms in total. The summed E-state index contributed by atoms with van der Waals surface area (Å²) in [7, 11) is 0. The smallest absolute Gasteiger partial charge is 0.315 e. The zero-order valence-corrected chi connectivity index (χ0v) is 17.3. The molecule has 0 bridgehead atoms. The highest BCUT2D eigenvalue weighted by Crippen LogP contribution is 2.22. The molecule has 2 N–H and O–H groups in total. The van der Waals surface area contributed by atoms with E-state index >= 15 is 0 Å². The second kappa shape index (κ2) is 10.2. The summed E-state index contributed by atoms with van der Waals surface area (Å²) in [4.78, 5) is 29.1. The fourth-order valence-electron chi connectivity index (χ4n) is 3.26. The van der Waals surface area contributed by atoms with E-state index < -0.39 is 5.91 Å². The fraction of sp³-hybridized carbons (Fsp3) is 0.120. The lowest BCUT2D eigenvalue weighted by Gasteiger charge is -2.18. The highest BCUT2D eigenvalue weighted by molar-refractivity contribution is 5.90. The third-order valence-electron chi connectivity index (χ3n) is 4.85. The summed E-state index contributed by atoms with van der Waals surface area (Å²) in [6.45, 7) is 0.403. The molecule has 0 saturated carbocycles. The first-order valence-corrected chi connectivity index (χ1v) is 10.2. The molecule has 0 spiro atoms. The Kier molecular flexibility index (Phi) is 6.67. The number of hydrogen-bond donors (Lipinski definition) is 2. The van der Waals surface area contributed by atoms with Crippen molar-refractivity contribution in [1.29, 1.82) is 0 Å². The summed E-state index contributed by atoms with van der Waals surface area (Å²) in [5, 5.41) is 9.52. The molecule has 0 saturated heterocycles. The Bertz CT molecular complexity index is 1120. The molecule has 2 amide bonds. The molecule has 4 aromatic rings. The zero-order valence-electron chi connectivity index (χ0n) is 17.3. The predicted octanol–water partition coefficient (Wildman–Crippen LogP) is 3.45. The zero-order chi connectivity index (χ0) is 22.2. The van der Waals surface area contributed by atoms with E-state index in [0.29, 0.717) is 6.54 Å². The number of rotatable bonds is 8. The van der Waals surface area contributed by atoms with Gasteiger partial charge in [0.2, 0.25) is 5.91 Å². The van der Waals surface area contributed by atoms with Gasteiger partial charge in [-0.05, 0) is 16.7 Å². The number of benzene rings is 3. The van der Waals surface area contributed by atoms with Gasteiger partial charge < -0.3 is 15.2 Å². The van der Waals surface area contributed by atoms with Gasteiger partial charge in [0.1, 0.15) is 0 Å². The number of aromatic nitrogens is 2. The van der Waals surface area contributed by atoms with E-state index in [9.17, 15) is 9.59 Å². The van der Waals surface area contributed by atoms with E-state index in [1.54, 1.807) is 0 Å². The minimum Gasteiger partial charge on any atom is -0.352 e. The van der Waals surface area contributed by atoms with Crippen molar-refractivity contribution in [3.8, 4) is 0 Å². The van der Waals surface area contributed by atoms with Crippen LogP contribution in [0, 0.1) is 0 Å². The molecule has 160 valence electrons. The molecular formula is C25H22N4O3. The Labute approximate surface area is 185 Å². The van der Waals surface area contributed by atoms with E-state index in [1.807, 2.05) is 91.0 Å². The maximum atomic E-state index is 12.8. The first-order chi connectivity index (χ1) is 15.7. The molecule has 0 aliphatic carbocycles. The highest BCUT2D eigenvalue weighted by atomic mass is 16.5. The van der Waals surface area contributed by atoms with Crippen molar-refractivity contribution < 1.29 is 14.1 Å². The number of hydrogen-bond acceptors (Lipinski definition) is 5. The number of nitrogens with zero attached hydrogens (tertiary/aromatic N) is 2. The van der Waals surface area contributed by atoms with Gasteiger partial charge in [0.25, 0.3) is 0 Å². The lowest BCUT2D eigenvalue weighted by atomic mass is 9.99. The first kappa shape index (κ1) is 21.0. The van der Waals surface area contributed by atoms with Crippen LogP contribution in [0.3, 0.4) is 0 Å². The topological polar surface area (TPSA) is 97.1 Å². The average Bonchev–Trinajstić information content (AvgIpc) is 3.31. The summed E-state index contributed by atoms with van der Waals surface area (Å²) >= 11 is 0. The molecule has 1 aromatic heterocycles. The Morgan fingerprint density at radius 3 is 1.97 bits per heavy atom. The van der Waals surface area contributed by atoms with Gasteiger partial charge in [0, 0.05) is 6.54 Å². The van der Waals surface area contributed by atoms with Crippen LogP contribution >= 0.6 is 0 Å². The molecule has 32 heavy (non-hydrogen) atoms. The van der Waals surface area contributed by atoms with Crippen LogP contribution in [0.2, 0.25) is 0 Å². The lowest BCUT2D eigenvalue weighted by molar-refractivity contribution is -0.120. The minimum absolute atomic E-state index is 0.0790. The van der Waals surface area contributed by atoms with Gasteiger partial charge in [-0.25, -0.2) is 0 Å². The first-order valence-electron chi connectivity index (χ1n) is 10.2. The number of carbonyl (C=O) groups is 2. The Morgan fingerprint density at radius 2 is 1.38 bits per heavy atom. The minimum atomic E-state index is -0.508. The van der Waals surface area contributed by atoms with Crippen LogP contribution in [0.15, 0.2) is 95.5 Å². The van der Waals surface area contributed by atoms with Crippen molar-refractivity contribution >= 4 is 11.8 Å². The van der Waals surface area contributed by atoms with Crippen LogP contribution in [0.25, 0.3) is 0 Å². The van der Waals surface area contributed by atoms with Crippen molar-refractivity contribution in [2.24, 2.45) is 0 Å². The quantitative estimate of drug-likeness (QED) is 0.450. The van der Waals surface area contributed by atoms with E-state index in [-0.39, 0.29) is 30.1 Å². The third kappa shape index (κ3) is 5.46. The van der Waals surface area contributed by atoms with E-state index in [0.717, 1.165) is 16.7 Å². The van der Waals surface area contributed by atoms with Gasteiger partial charge in [-0.3, -0.25) is 9.59 Å². The molecule has 1 heterocycles. The SMILES string of the molecule is O=C(Cc1noc(C(=O)NC(c2ccccc2)c2ccccc2)n1)NCc1ccccc1. The molecule has 0 atom stereocenters. The molecule has 4 rings (SSSR count). The molecule has 0 aliphatic rings. The molecule has 0 fully saturated rings. The second-order valence-electron chi connectivity index (χ2n) is 7.18. The maximum absolute atomic E-state index is 12.8. The van der Waals surface area contributed by atoms with Crippen molar-refractivity contribution in [3.63, 3.8) is 0 Å². The van der Waals surface area contributed by atoms with Gasteiger partial charge in [-0.2, -0.15) is 4.98 Å². The highest BCUT2D eigenvalue weighted by Gasteiger charge is 2.22. The summed E-state index contributed by atoms with van der Waals surface area (Å²) in [6, 6.07) is 28.4. The predicted molar refractivity (Wildman–Crippen MR) is 118 cm³/mol. The largest absolute Gasteiger partial charge is 0.352 e. The van der Waals surface area contributed by atoms with Crippen LogP contribution in [0.4, 0.5) is 0 Å². The molecule has 3 aromatic carbocycles. The van der Waals surface area contributed by atoms with Gasteiger partial charge in [0.15, 0.2) is 5.82 Å². The van der Waals surface area contributed by atoms with Gasteiger partial charge in [-0.1, -0.05) is 96.2 Å². The average molecular weight is 426 g/mol. The monoisotopic (exact) mass is 426 g/mol. The Morgan fingerprint density at radius 1 is 0.812 bits per heavy atom. The number of amides is 2. The fourth-order valence-corrected chi connectivity index (χ4v) is 3.26. The summed E-state index contributed by atoms with van der Waals surface area (Å²) in [5.41, 5.74) is 2.83. The lowest BCUT2D eigenvalue weighted by Crippen LogP contribution is -2.29. The van der Waals surface area contributed by atoms with Crippen LogP contribution in [0.1, 0.15) is 39.2 Å². The van der Waals surface area contributed by atoms with Gasteiger partial charge in [0.05, 0.1) is 12.5 Å². The van der Waals surface area contributed by atoms with Crippen LogP contribution < -0.4 is 10.6 Å². The second-order valence-corrected chi connectivity index (χ2v) is 7.18. The summed E-state index contributed by atoms with van der Waals surface area (Å²) in [6.07, 6.45) is -0.0790. The number of nitrogens with one attached hydrogen (secondary N) is 2. The van der Waals surface area contributed by atoms with E-state index in [4.69, 9.17) is 4.52 Å². The normalized spacial score (nSPS) is 10.7. The summed E-state index contributed by atoms with van der Waals surface area (Å²) < 4.78 is 5.11. The maximum Gasteiger partial charge on any atom is 0.315 e.